The summed E-state index contributed by atoms with van der Waals surface area (Å²) in [7, 11) is 0. The van der Waals surface area contributed by atoms with E-state index in [1.54, 1.807) is 0 Å². The average molecular weight is 665 g/mol. The summed E-state index contributed by atoms with van der Waals surface area (Å²) in [6, 6.07) is 53.4. The number of para-hydroxylation sites is 1. The van der Waals surface area contributed by atoms with Gasteiger partial charge in [-0.3, -0.25) is 0 Å². The van der Waals surface area contributed by atoms with Crippen LogP contribution in [0.3, 0.4) is 0 Å². The third-order valence-electron chi connectivity index (χ3n) is 10.7. The van der Waals surface area contributed by atoms with E-state index in [9.17, 15) is 0 Å². The van der Waals surface area contributed by atoms with E-state index in [0.717, 1.165) is 66.9 Å². The minimum atomic E-state index is 0.798. The lowest BCUT2D eigenvalue weighted by atomic mass is 9.85. The second-order valence-electron chi connectivity index (χ2n) is 13.5. The maximum atomic E-state index is 5.11. The first kappa shape index (κ1) is 30.1. The van der Waals surface area contributed by atoms with Crippen LogP contribution in [0.5, 0.6) is 0 Å². The van der Waals surface area contributed by atoms with Crippen molar-refractivity contribution in [2.24, 2.45) is 4.99 Å². The van der Waals surface area contributed by atoms with E-state index in [1.807, 2.05) is 6.07 Å². The van der Waals surface area contributed by atoms with Crippen LogP contribution in [-0.4, -0.2) is 15.4 Å². The Morgan fingerprint density at radius 2 is 0.942 bits per heavy atom. The van der Waals surface area contributed by atoms with E-state index in [1.165, 1.54) is 44.2 Å². The van der Waals surface area contributed by atoms with Crippen molar-refractivity contribution in [2.45, 2.75) is 13.8 Å². The first-order chi connectivity index (χ1) is 25.7. The predicted molar refractivity (Wildman–Crippen MR) is 211 cm³/mol. The molecule has 7 aromatic carbocycles. The Morgan fingerprint density at radius 1 is 0.404 bits per heavy atom. The van der Waals surface area contributed by atoms with Crippen molar-refractivity contribution in [1.29, 1.82) is 0 Å². The summed E-state index contributed by atoms with van der Waals surface area (Å²) in [5.74, 6) is 0. The number of nitrogens with zero attached hydrogens (tertiary/aromatic N) is 4. The topological polar surface area (TPSA) is 51.0 Å². The van der Waals surface area contributed by atoms with Gasteiger partial charge in [-0.15, -0.1) is 10.2 Å². The van der Waals surface area contributed by atoms with Crippen molar-refractivity contribution in [3.8, 4) is 78.1 Å². The number of fused-ring (bicyclic) bond motifs is 7. The van der Waals surface area contributed by atoms with Gasteiger partial charge < -0.3 is 0 Å². The molecule has 4 heteroatoms. The molecule has 2 heterocycles. The molecule has 0 radical (unpaired) electrons. The van der Waals surface area contributed by atoms with Crippen molar-refractivity contribution in [3.63, 3.8) is 0 Å². The monoisotopic (exact) mass is 664 g/mol. The van der Waals surface area contributed by atoms with E-state index in [0.29, 0.717) is 0 Å². The lowest BCUT2D eigenvalue weighted by Gasteiger charge is -2.20. The molecule has 0 fully saturated rings. The van der Waals surface area contributed by atoms with Crippen LogP contribution in [0.4, 0.5) is 5.69 Å². The van der Waals surface area contributed by atoms with Gasteiger partial charge in [-0.2, -0.15) is 0 Å². The van der Waals surface area contributed by atoms with Crippen LogP contribution in [0.1, 0.15) is 16.7 Å². The molecule has 1 aliphatic heterocycles. The number of benzene rings is 7. The van der Waals surface area contributed by atoms with Gasteiger partial charge in [0.1, 0.15) is 11.4 Å². The Bertz CT molecular complexity index is 2860. The van der Waals surface area contributed by atoms with Gasteiger partial charge in [-0.05, 0) is 92.9 Å². The second-order valence-corrected chi connectivity index (χ2v) is 13.5. The molecule has 8 aromatic rings. The molecule has 0 spiro atoms. The van der Waals surface area contributed by atoms with Crippen molar-refractivity contribution < 1.29 is 0 Å². The van der Waals surface area contributed by atoms with E-state index in [2.05, 4.69) is 171 Å². The maximum absolute atomic E-state index is 5.11. The highest BCUT2D eigenvalue weighted by atomic mass is 15.3. The molecule has 244 valence electrons. The van der Waals surface area contributed by atoms with Crippen LogP contribution in [-0.2, 0) is 0 Å². The molecule has 0 saturated carbocycles. The molecule has 2 aliphatic rings. The Morgan fingerprint density at radius 3 is 1.63 bits per heavy atom. The molecule has 0 bridgehead atoms. The van der Waals surface area contributed by atoms with Crippen molar-refractivity contribution in [3.05, 3.63) is 179 Å². The molecule has 0 amide bonds. The fourth-order valence-corrected chi connectivity index (χ4v) is 8.07. The number of aromatic nitrogens is 3. The van der Waals surface area contributed by atoms with Gasteiger partial charge in [0.05, 0.1) is 11.0 Å². The number of hydrogen-bond acceptors (Lipinski definition) is 4. The second kappa shape index (κ2) is 11.9. The van der Waals surface area contributed by atoms with E-state index >= 15 is 0 Å². The summed E-state index contributed by atoms with van der Waals surface area (Å²) < 4.78 is 0. The number of rotatable bonds is 5. The molecule has 1 aliphatic carbocycles. The molecule has 4 nitrogen and oxygen atoms in total. The highest BCUT2D eigenvalue weighted by molar-refractivity contribution is 6.01. The Hall–Kier alpha value is -6.78. The summed E-state index contributed by atoms with van der Waals surface area (Å²) in [4.78, 5) is 5.11. The molecule has 0 atom stereocenters. The van der Waals surface area contributed by atoms with Crippen LogP contribution >= 0.6 is 0 Å². The zero-order chi connectivity index (χ0) is 34.8. The molecular formula is C48H32N4. The normalized spacial score (nSPS) is 12.0. The fraction of sp³-hybridized carbons (Fsp3) is 0.0417. The van der Waals surface area contributed by atoms with Crippen LogP contribution in [0.15, 0.2) is 157 Å². The lowest BCUT2D eigenvalue weighted by Crippen LogP contribution is -2.25. The third-order valence-corrected chi connectivity index (χ3v) is 10.7. The molecule has 52 heavy (non-hydrogen) atoms. The van der Waals surface area contributed by atoms with E-state index < -0.39 is 0 Å². The molecule has 0 saturated heterocycles. The van der Waals surface area contributed by atoms with Crippen molar-refractivity contribution >= 4 is 11.8 Å². The van der Waals surface area contributed by atoms with Gasteiger partial charge in [0.25, 0.3) is 0 Å². The quantitative estimate of drug-likeness (QED) is 0.184. The highest BCUT2D eigenvalue weighted by Gasteiger charge is 2.27. The van der Waals surface area contributed by atoms with Gasteiger partial charge in [-0.1, -0.05) is 140 Å². The van der Waals surface area contributed by atoms with Crippen LogP contribution in [0.25, 0.3) is 84.2 Å². The third kappa shape index (κ3) is 4.61. The number of hydrogen-bond donors (Lipinski definition) is 0. The van der Waals surface area contributed by atoms with Crippen molar-refractivity contribution in [2.75, 3.05) is 0 Å². The smallest absolute Gasteiger partial charge is 0.105 e. The Labute approximate surface area is 302 Å². The van der Waals surface area contributed by atoms with Gasteiger partial charge in [0, 0.05) is 33.0 Å². The Balaban J connectivity index is 1.25. The molecule has 0 unspecified atom stereocenters. The Kier molecular flexibility index (Phi) is 6.90. The van der Waals surface area contributed by atoms with Gasteiger partial charge in [0.2, 0.25) is 0 Å². The van der Waals surface area contributed by atoms with E-state index in [4.69, 9.17) is 15.2 Å². The van der Waals surface area contributed by atoms with Crippen LogP contribution in [0.2, 0.25) is 0 Å². The van der Waals surface area contributed by atoms with Gasteiger partial charge in [-0.25, -0.2) is 4.99 Å². The van der Waals surface area contributed by atoms with Gasteiger partial charge in [0.15, 0.2) is 0 Å². The van der Waals surface area contributed by atoms with E-state index in [-0.39, 0.29) is 0 Å². The van der Waals surface area contributed by atoms with Crippen LogP contribution < -0.4 is 10.6 Å². The summed E-state index contributed by atoms with van der Waals surface area (Å²) in [6.45, 7) is 4.43. The molecule has 0 N–H and O–H groups in total. The zero-order valence-corrected chi connectivity index (χ0v) is 28.8. The molecule has 10 rings (SSSR count). The van der Waals surface area contributed by atoms with Crippen LogP contribution in [0, 0.1) is 13.8 Å². The summed E-state index contributed by atoms with van der Waals surface area (Å²) in [5.41, 5.74) is 19.6. The first-order valence-corrected chi connectivity index (χ1v) is 17.7. The molecular weight excluding hydrogens is 633 g/mol. The summed E-state index contributed by atoms with van der Waals surface area (Å²) >= 11 is 0. The average Bonchev–Trinajstić information content (AvgIpc) is 3.78. The minimum Gasteiger partial charge on any atom is -0.247 e. The summed E-state index contributed by atoms with van der Waals surface area (Å²) in [6.07, 6.45) is 2.33. The maximum Gasteiger partial charge on any atom is 0.105 e. The van der Waals surface area contributed by atoms with Crippen molar-refractivity contribution in [1.82, 2.24) is 15.4 Å². The molecule has 1 aromatic heterocycles. The lowest BCUT2D eigenvalue weighted by molar-refractivity contribution is 0.878. The zero-order valence-electron chi connectivity index (χ0n) is 28.8. The first-order valence-electron chi connectivity index (χ1n) is 17.7. The van der Waals surface area contributed by atoms with Gasteiger partial charge >= 0.3 is 0 Å². The fourth-order valence-electron chi connectivity index (χ4n) is 8.07. The highest BCUT2D eigenvalue weighted by Crippen LogP contribution is 2.46. The minimum absolute atomic E-state index is 0.798. The SMILES string of the molecule is Cc1c(-c2nnnc(-c3ccccc3-c3ccccc3)c2-c2ccccc2-c2ccccc2)cc2c(c1C)C=c1c-2ccc2c1=Nc1ccccc1-2. The summed E-state index contributed by atoms with van der Waals surface area (Å²) in [5, 5.41) is 16.5. The standard InChI is InChI=1S/C48H32N4/c1-29-30(2)41(28-42-35-25-26-39-36-21-13-14-24-44(36)49-46(39)43(35)27-40(29)42)48-45(37-22-11-9-19-33(37)31-15-5-3-6-16-31)47(50-52-51-48)38-23-12-10-20-34(38)32-17-7-4-8-18-32/h3-28H,1-2H3. The largest absolute Gasteiger partial charge is 0.247 e. The predicted octanol–water partition coefficient (Wildman–Crippen LogP) is 10.6.